The van der Waals surface area contributed by atoms with Crippen molar-refractivity contribution >= 4 is 16.8 Å². The molecule has 140 valence electrons. The molecule has 0 spiro atoms. The normalized spacial score (nSPS) is 12.2. The summed E-state index contributed by atoms with van der Waals surface area (Å²) < 4.78 is 13.9. The van der Waals surface area contributed by atoms with Crippen LogP contribution in [0.5, 0.6) is 0 Å². The highest BCUT2D eigenvalue weighted by Gasteiger charge is 2.18. The van der Waals surface area contributed by atoms with E-state index in [1.165, 1.54) is 6.07 Å². The molecule has 1 amide bonds. The molecule has 27 heavy (non-hydrogen) atoms. The second-order valence-electron chi connectivity index (χ2n) is 6.85. The van der Waals surface area contributed by atoms with Gasteiger partial charge in [0.25, 0.3) is 5.56 Å². The zero-order chi connectivity index (χ0) is 19.7. The van der Waals surface area contributed by atoms with E-state index in [9.17, 15) is 14.0 Å². The number of rotatable bonds is 4. The van der Waals surface area contributed by atoms with Crippen molar-refractivity contribution < 1.29 is 9.18 Å². The lowest BCUT2D eigenvalue weighted by Crippen LogP contribution is -2.31. The highest BCUT2D eigenvalue weighted by Crippen LogP contribution is 2.24. The Morgan fingerprint density at radius 2 is 1.96 bits per heavy atom. The van der Waals surface area contributed by atoms with Gasteiger partial charge in [-0.2, -0.15) is 0 Å². The number of carbonyl (C=O) groups excluding carboxylic acids is 1. The Labute approximate surface area is 156 Å². The Morgan fingerprint density at radius 1 is 1.22 bits per heavy atom. The van der Waals surface area contributed by atoms with Crippen molar-refractivity contribution in [2.45, 2.75) is 40.2 Å². The molecule has 1 aromatic carbocycles. The summed E-state index contributed by atoms with van der Waals surface area (Å²) in [5.74, 6) is -0.610. The van der Waals surface area contributed by atoms with E-state index in [1.54, 1.807) is 32.3 Å². The van der Waals surface area contributed by atoms with Crippen molar-refractivity contribution in [1.29, 1.82) is 0 Å². The van der Waals surface area contributed by atoms with Gasteiger partial charge in [0, 0.05) is 28.9 Å². The third-order valence-electron chi connectivity index (χ3n) is 5.01. The van der Waals surface area contributed by atoms with Gasteiger partial charge in [-0.3, -0.25) is 14.6 Å². The molecule has 2 N–H and O–H groups in total. The predicted octanol–water partition coefficient (Wildman–Crippen LogP) is 3.41. The van der Waals surface area contributed by atoms with Crippen LogP contribution in [0, 0.1) is 26.6 Å². The molecule has 0 aliphatic carbocycles. The number of nitrogens with zero attached hydrogens (tertiary/aromatic N) is 1. The highest BCUT2D eigenvalue weighted by atomic mass is 19.1. The Kier molecular flexibility index (Phi) is 5.08. The lowest BCUT2D eigenvalue weighted by Gasteiger charge is -2.17. The van der Waals surface area contributed by atoms with Crippen molar-refractivity contribution in [2.75, 3.05) is 0 Å². The zero-order valence-corrected chi connectivity index (χ0v) is 15.8. The summed E-state index contributed by atoms with van der Waals surface area (Å²) in [4.78, 5) is 31.8. The molecular formula is C21H22FN3O2. The fourth-order valence-electron chi connectivity index (χ4n) is 3.47. The molecule has 0 saturated heterocycles. The van der Waals surface area contributed by atoms with E-state index in [0.29, 0.717) is 27.6 Å². The second kappa shape index (κ2) is 7.31. The molecule has 0 aliphatic rings. The van der Waals surface area contributed by atoms with Crippen LogP contribution in [0.2, 0.25) is 0 Å². The summed E-state index contributed by atoms with van der Waals surface area (Å²) in [6, 6.07) is 4.53. The number of pyridine rings is 2. The first-order valence-electron chi connectivity index (χ1n) is 8.80. The summed E-state index contributed by atoms with van der Waals surface area (Å²) in [5, 5.41) is 3.56. The lowest BCUT2D eigenvalue weighted by atomic mass is 9.98. The van der Waals surface area contributed by atoms with Crippen molar-refractivity contribution in [2.24, 2.45) is 0 Å². The first-order valence-corrected chi connectivity index (χ1v) is 8.80. The van der Waals surface area contributed by atoms with E-state index in [-0.39, 0.29) is 29.7 Å². The third kappa shape index (κ3) is 3.60. The Balaban J connectivity index is 1.90. The van der Waals surface area contributed by atoms with E-state index in [1.807, 2.05) is 19.9 Å². The average molecular weight is 367 g/mol. The quantitative estimate of drug-likeness (QED) is 0.742. The van der Waals surface area contributed by atoms with Crippen LogP contribution in [0.1, 0.15) is 40.8 Å². The highest BCUT2D eigenvalue weighted by molar-refractivity contribution is 5.88. The van der Waals surface area contributed by atoms with E-state index in [0.717, 1.165) is 11.1 Å². The minimum absolute atomic E-state index is 0.0727. The largest absolute Gasteiger partial charge is 0.349 e. The minimum atomic E-state index is -0.339. The maximum Gasteiger partial charge on any atom is 0.252 e. The summed E-state index contributed by atoms with van der Waals surface area (Å²) in [6.45, 7) is 7.25. The van der Waals surface area contributed by atoms with Gasteiger partial charge >= 0.3 is 0 Å². The number of fused-ring (bicyclic) bond motifs is 1. The number of hydrogen-bond acceptors (Lipinski definition) is 3. The Bertz CT molecular complexity index is 1090. The molecule has 3 aromatic rings. The van der Waals surface area contributed by atoms with Crippen molar-refractivity contribution in [3.05, 3.63) is 74.6 Å². The lowest BCUT2D eigenvalue weighted by molar-refractivity contribution is -0.121. The molecule has 1 atom stereocenters. The van der Waals surface area contributed by atoms with Gasteiger partial charge in [0.2, 0.25) is 5.91 Å². The molecule has 0 unspecified atom stereocenters. The van der Waals surface area contributed by atoms with E-state index >= 15 is 0 Å². The van der Waals surface area contributed by atoms with Crippen LogP contribution in [0.4, 0.5) is 4.39 Å². The fourth-order valence-corrected chi connectivity index (χ4v) is 3.47. The first-order chi connectivity index (χ1) is 12.8. The van der Waals surface area contributed by atoms with Crippen LogP contribution in [0.3, 0.4) is 0 Å². The Hall–Kier alpha value is -3.02. The van der Waals surface area contributed by atoms with Crippen LogP contribution in [-0.2, 0) is 11.2 Å². The smallest absolute Gasteiger partial charge is 0.252 e. The first kappa shape index (κ1) is 18.8. The number of carbonyl (C=O) groups is 1. The van der Waals surface area contributed by atoms with Crippen molar-refractivity contribution in [3.63, 3.8) is 0 Å². The number of aromatic amines is 1. The molecular weight excluding hydrogens is 345 g/mol. The van der Waals surface area contributed by atoms with Gasteiger partial charge in [0.15, 0.2) is 0 Å². The standard InChI is InChI=1S/C21H22FN3O2/c1-11-7-8-23-10-16(11)14(4)24-19(26)9-15-12(2)20-13(3)17(22)5-6-18(20)25-21(15)27/h5-8,10,14H,9H2,1-4H3,(H,24,26)(H,25,27)/t14-/m1/s1. The van der Waals surface area contributed by atoms with Gasteiger partial charge in [-0.15, -0.1) is 0 Å². The minimum Gasteiger partial charge on any atom is -0.349 e. The summed E-state index contributed by atoms with van der Waals surface area (Å²) in [7, 11) is 0. The maximum atomic E-state index is 13.9. The number of benzene rings is 1. The number of amides is 1. The maximum absolute atomic E-state index is 13.9. The van der Waals surface area contributed by atoms with Gasteiger partial charge < -0.3 is 10.3 Å². The number of nitrogens with one attached hydrogen (secondary N) is 2. The molecule has 0 bridgehead atoms. The fraction of sp³-hybridized carbons (Fsp3) is 0.286. The predicted molar refractivity (Wildman–Crippen MR) is 103 cm³/mol. The van der Waals surface area contributed by atoms with Crippen LogP contribution >= 0.6 is 0 Å². The summed E-state index contributed by atoms with van der Waals surface area (Å²) in [5.41, 5.74) is 3.64. The van der Waals surface area contributed by atoms with Gasteiger partial charge in [-0.25, -0.2) is 4.39 Å². The molecule has 0 fully saturated rings. The monoisotopic (exact) mass is 367 g/mol. The third-order valence-corrected chi connectivity index (χ3v) is 5.01. The van der Waals surface area contributed by atoms with Crippen LogP contribution in [-0.4, -0.2) is 15.9 Å². The van der Waals surface area contributed by atoms with Gasteiger partial charge in [0.05, 0.1) is 12.5 Å². The van der Waals surface area contributed by atoms with E-state index in [2.05, 4.69) is 15.3 Å². The van der Waals surface area contributed by atoms with Crippen LogP contribution in [0.15, 0.2) is 35.4 Å². The van der Waals surface area contributed by atoms with E-state index in [4.69, 9.17) is 0 Å². The van der Waals surface area contributed by atoms with Crippen LogP contribution in [0.25, 0.3) is 10.9 Å². The molecule has 0 saturated carbocycles. The molecule has 5 nitrogen and oxygen atoms in total. The van der Waals surface area contributed by atoms with Crippen molar-refractivity contribution in [3.8, 4) is 0 Å². The SMILES string of the molecule is Cc1ccncc1[C@@H](C)NC(=O)Cc1c(C)c2c(C)c(F)ccc2[nH]c1=O. The number of aryl methyl sites for hydroxylation is 3. The van der Waals surface area contributed by atoms with Gasteiger partial charge in [0.1, 0.15) is 5.82 Å². The van der Waals surface area contributed by atoms with Gasteiger partial charge in [-0.05, 0) is 68.1 Å². The van der Waals surface area contributed by atoms with Gasteiger partial charge in [-0.1, -0.05) is 0 Å². The second-order valence-corrected chi connectivity index (χ2v) is 6.85. The van der Waals surface area contributed by atoms with Crippen LogP contribution < -0.4 is 10.9 Å². The topological polar surface area (TPSA) is 74.8 Å². The Morgan fingerprint density at radius 3 is 2.67 bits per heavy atom. The average Bonchev–Trinajstić information content (AvgIpc) is 2.62. The number of hydrogen-bond donors (Lipinski definition) is 2. The van der Waals surface area contributed by atoms with E-state index < -0.39 is 0 Å². The summed E-state index contributed by atoms with van der Waals surface area (Å²) >= 11 is 0. The number of aromatic nitrogens is 2. The molecule has 0 aliphatic heterocycles. The molecule has 6 heteroatoms. The molecule has 2 heterocycles. The molecule has 2 aromatic heterocycles. The number of halogens is 1. The summed E-state index contributed by atoms with van der Waals surface area (Å²) in [6.07, 6.45) is 3.35. The number of H-pyrrole nitrogens is 1. The molecule has 3 rings (SSSR count). The zero-order valence-electron chi connectivity index (χ0n) is 15.8. The van der Waals surface area contributed by atoms with Crippen molar-refractivity contribution in [1.82, 2.24) is 15.3 Å². The molecule has 0 radical (unpaired) electrons.